The monoisotopic (exact) mass is 328 g/mol. The highest BCUT2D eigenvalue weighted by Gasteiger charge is 2.35. The van der Waals surface area contributed by atoms with Crippen molar-refractivity contribution in [2.45, 2.75) is 39.5 Å². The van der Waals surface area contributed by atoms with Crippen LogP contribution < -0.4 is 0 Å². The van der Waals surface area contributed by atoms with Gasteiger partial charge in [0, 0.05) is 26.1 Å². The van der Waals surface area contributed by atoms with Crippen LogP contribution in [0, 0.1) is 5.41 Å². The van der Waals surface area contributed by atoms with Gasteiger partial charge in [0.2, 0.25) is 5.91 Å². The number of rotatable bonds is 4. The van der Waals surface area contributed by atoms with Crippen molar-refractivity contribution < 1.29 is 14.4 Å². The van der Waals surface area contributed by atoms with E-state index in [2.05, 4.69) is 13.8 Å². The number of carbonyl (C=O) groups excluding carboxylic acids is 3. The van der Waals surface area contributed by atoms with E-state index in [-0.39, 0.29) is 17.7 Å². The van der Waals surface area contributed by atoms with Gasteiger partial charge in [-0.05, 0) is 36.8 Å². The largest absolute Gasteiger partial charge is 0.343 e. The minimum absolute atomic E-state index is 0.127. The summed E-state index contributed by atoms with van der Waals surface area (Å²) in [5.74, 6) is -0.368. The zero-order valence-electron chi connectivity index (χ0n) is 14.4. The van der Waals surface area contributed by atoms with E-state index in [1.54, 1.807) is 24.3 Å². The Bertz CT molecular complexity index is 636. The molecule has 0 aliphatic carbocycles. The van der Waals surface area contributed by atoms with Crippen LogP contribution in [0.4, 0.5) is 0 Å². The summed E-state index contributed by atoms with van der Waals surface area (Å²) in [5, 5.41) is 0. The first kappa shape index (κ1) is 16.7. The predicted octanol–water partition coefficient (Wildman–Crippen LogP) is 2.71. The van der Waals surface area contributed by atoms with E-state index < -0.39 is 0 Å². The van der Waals surface area contributed by atoms with Crippen molar-refractivity contribution in [3.63, 3.8) is 0 Å². The molecule has 2 heterocycles. The summed E-state index contributed by atoms with van der Waals surface area (Å²) in [5.41, 5.74) is 1.25. The van der Waals surface area contributed by atoms with Crippen LogP contribution in [-0.4, -0.2) is 47.2 Å². The first-order valence-electron chi connectivity index (χ1n) is 8.62. The Morgan fingerprint density at radius 3 is 2.12 bits per heavy atom. The number of nitrogens with zero attached hydrogens (tertiary/aromatic N) is 2. The van der Waals surface area contributed by atoms with Gasteiger partial charge in [-0.15, -0.1) is 0 Å². The van der Waals surface area contributed by atoms with E-state index in [9.17, 15) is 14.4 Å². The smallest absolute Gasteiger partial charge is 0.261 e. The summed E-state index contributed by atoms with van der Waals surface area (Å²) in [6.07, 6.45) is 2.95. The van der Waals surface area contributed by atoms with E-state index >= 15 is 0 Å². The highest BCUT2D eigenvalue weighted by atomic mass is 16.2. The molecule has 3 rings (SSSR count). The van der Waals surface area contributed by atoms with Crippen molar-refractivity contribution in [1.82, 2.24) is 9.80 Å². The topological polar surface area (TPSA) is 57.7 Å². The number of benzene rings is 1. The molecule has 128 valence electrons. The summed E-state index contributed by atoms with van der Waals surface area (Å²) in [4.78, 5) is 40.0. The standard InChI is InChI=1S/C19H24N2O3/c1-19(2)9-12-20(13-10-19)16(22)8-5-11-21-17(23)14-6-3-4-7-15(14)18(21)24/h3-4,6-7H,5,8-13H2,1-2H3. The Hall–Kier alpha value is -2.17. The van der Waals surface area contributed by atoms with Gasteiger partial charge in [0.25, 0.3) is 11.8 Å². The molecule has 0 aromatic heterocycles. The maximum absolute atomic E-state index is 12.3. The molecule has 0 atom stereocenters. The van der Waals surface area contributed by atoms with E-state index in [0.29, 0.717) is 35.9 Å². The summed E-state index contributed by atoms with van der Waals surface area (Å²) >= 11 is 0. The Morgan fingerprint density at radius 1 is 1.04 bits per heavy atom. The molecule has 2 aliphatic rings. The molecule has 1 saturated heterocycles. The van der Waals surface area contributed by atoms with Crippen molar-refractivity contribution in [3.05, 3.63) is 35.4 Å². The predicted molar refractivity (Wildman–Crippen MR) is 90.6 cm³/mol. The third kappa shape index (κ3) is 3.21. The number of fused-ring (bicyclic) bond motifs is 1. The number of carbonyl (C=O) groups is 3. The second-order valence-electron chi connectivity index (χ2n) is 7.46. The fraction of sp³-hybridized carbons (Fsp3) is 0.526. The van der Waals surface area contributed by atoms with Gasteiger partial charge in [-0.2, -0.15) is 0 Å². The fourth-order valence-corrected chi connectivity index (χ4v) is 3.35. The highest BCUT2D eigenvalue weighted by Crippen LogP contribution is 2.30. The van der Waals surface area contributed by atoms with Crippen LogP contribution in [0.25, 0.3) is 0 Å². The van der Waals surface area contributed by atoms with Gasteiger partial charge >= 0.3 is 0 Å². The molecule has 0 N–H and O–H groups in total. The summed E-state index contributed by atoms with van der Waals surface area (Å²) in [7, 11) is 0. The lowest BCUT2D eigenvalue weighted by molar-refractivity contribution is -0.133. The average molecular weight is 328 g/mol. The van der Waals surface area contributed by atoms with Crippen LogP contribution in [0.2, 0.25) is 0 Å². The molecular weight excluding hydrogens is 304 g/mol. The number of imide groups is 1. The summed E-state index contributed by atoms with van der Waals surface area (Å²) in [6.45, 7) is 6.38. The van der Waals surface area contributed by atoms with Crippen molar-refractivity contribution in [2.24, 2.45) is 5.41 Å². The Kier molecular flexibility index (Phi) is 4.43. The van der Waals surface area contributed by atoms with Crippen LogP contribution in [0.1, 0.15) is 60.2 Å². The van der Waals surface area contributed by atoms with Gasteiger partial charge < -0.3 is 4.90 Å². The molecule has 0 saturated carbocycles. The zero-order valence-corrected chi connectivity index (χ0v) is 14.4. The molecule has 5 heteroatoms. The Balaban J connectivity index is 1.50. The molecule has 0 unspecified atom stereocenters. The van der Waals surface area contributed by atoms with Crippen molar-refractivity contribution in [2.75, 3.05) is 19.6 Å². The minimum atomic E-state index is -0.247. The van der Waals surface area contributed by atoms with Crippen molar-refractivity contribution in [1.29, 1.82) is 0 Å². The van der Waals surface area contributed by atoms with Crippen LogP contribution in [0.5, 0.6) is 0 Å². The SMILES string of the molecule is CC1(C)CCN(C(=O)CCCN2C(=O)c3ccccc3C2=O)CC1. The quantitative estimate of drug-likeness (QED) is 0.799. The fourth-order valence-electron chi connectivity index (χ4n) is 3.35. The molecule has 24 heavy (non-hydrogen) atoms. The maximum atomic E-state index is 12.3. The number of likely N-dealkylation sites (tertiary alicyclic amines) is 1. The number of hydrogen-bond acceptors (Lipinski definition) is 3. The lowest BCUT2D eigenvalue weighted by Crippen LogP contribution is -2.41. The molecule has 1 aromatic rings. The highest BCUT2D eigenvalue weighted by molar-refractivity contribution is 6.21. The maximum Gasteiger partial charge on any atom is 0.261 e. The molecule has 5 nitrogen and oxygen atoms in total. The third-order valence-corrected chi connectivity index (χ3v) is 5.12. The molecule has 3 amide bonds. The minimum Gasteiger partial charge on any atom is -0.343 e. The van der Waals surface area contributed by atoms with Crippen molar-refractivity contribution in [3.8, 4) is 0 Å². The average Bonchev–Trinajstić information content (AvgIpc) is 2.80. The molecule has 1 aromatic carbocycles. The van der Waals surface area contributed by atoms with Gasteiger partial charge in [-0.25, -0.2) is 0 Å². The normalized spacial score (nSPS) is 19.6. The first-order chi connectivity index (χ1) is 11.4. The lowest BCUT2D eigenvalue weighted by Gasteiger charge is -2.37. The molecule has 0 bridgehead atoms. The lowest BCUT2D eigenvalue weighted by atomic mass is 9.82. The Labute approximate surface area is 142 Å². The van der Waals surface area contributed by atoms with E-state index in [1.807, 2.05) is 4.90 Å². The summed E-state index contributed by atoms with van der Waals surface area (Å²) < 4.78 is 0. The molecule has 0 spiro atoms. The van der Waals surface area contributed by atoms with Crippen LogP contribution in [0.15, 0.2) is 24.3 Å². The van der Waals surface area contributed by atoms with Crippen LogP contribution in [0.3, 0.4) is 0 Å². The number of hydrogen-bond donors (Lipinski definition) is 0. The second kappa shape index (κ2) is 6.38. The third-order valence-electron chi connectivity index (χ3n) is 5.12. The zero-order chi connectivity index (χ0) is 17.3. The number of amides is 3. The van der Waals surface area contributed by atoms with E-state index in [4.69, 9.17) is 0 Å². The van der Waals surface area contributed by atoms with Crippen LogP contribution >= 0.6 is 0 Å². The van der Waals surface area contributed by atoms with Crippen LogP contribution in [-0.2, 0) is 4.79 Å². The molecule has 2 aliphatic heterocycles. The van der Waals surface area contributed by atoms with Gasteiger partial charge in [0.15, 0.2) is 0 Å². The first-order valence-corrected chi connectivity index (χ1v) is 8.62. The van der Waals surface area contributed by atoms with Gasteiger partial charge in [-0.1, -0.05) is 26.0 Å². The van der Waals surface area contributed by atoms with Gasteiger partial charge in [-0.3, -0.25) is 19.3 Å². The van der Waals surface area contributed by atoms with Gasteiger partial charge in [0.05, 0.1) is 11.1 Å². The van der Waals surface area contributed by atoms with E-state index in [0.717, 1.165) is 25.9 Å². The van der Waals surface area contributed by atoms with E-state index in [1.165, 1.54) is 4.90 Å². The number of piperidine rings is 1. The molecule has 0 radical (unpaired) electrons. The second-order valence-corrected chi connectivity index (χ2v) is 7.46. The van der Waals surface area contributed by atoms with Gasteiger partial charge in [0.1, 0.15) is 0 Å². The molecular formula is C19H24N2O3. The molecule has 1 fully saturated rings. The Morgan fingerprint density at radius 2 is 1.58 bits per heavy atom. The van der Waals surface area contributed by atoms with Crippen molar-refractivity contribution >= 4 is 17.7 Å². The summed E-state index contributed by atoms with van der Waals surface area (Å²) in [6, 6.07) is 6.87.